The van der Waals surface area contributed by atoms with E-state index in [9.17, 15) is 13.2 Å². The molecule has 0 aliphatic carbocycles. The lowest BCUT2D eigenvalue weighted by molar-refractivity contribution is -0.141. The molecule has 4 rings (SSSR count). The van der Waals surface area contributed by atoms with Gasteiger partial charge in [-0.1, -0.05) is 12.1 Å². The molecule has 0 amide bonds. The van der Waals surface area contributed by atoms with Crippen molar-refractivity contribution in [2.45, 2.75) is 25.7 Å². The summed E-state index contributed by atoms with van der Waals surface area (Å²) in [6.45, 7) is 1.92. The Hall–Kier alpha value is -2.87. The maximum absolute atomic E-state index is 12.6. The van der Waals surface area contributed by atoms with Crippen molar-refractivity contribution in [1.82, 2.24) is 24.8 Å². The lowest BCUT2D eigenvalue weighted by Crippen LogP contribution is -2.31. The Labute approximate surface area is 153 Å². The molecule has 0 fully saturated rings. The van der Waals surface area contributed by atoms with Gasteiger partial charge in [0.25, 0.3) is 0 Å². The number of pyridine rings is 2. The largest absolute Gasteiger partial charge is 0.433 e. The van der Waals surface area contributed by atoms with Crippen molar-refractivity contribution in [2.75, 3.05) is 6.54 Å². The molecule has 0 radical (unpaired) electrons. The predicted molar refractivity (Wildman–Crippen MR) is 92.3 cm³/mol. The van der Waals surface area contributed by atoms with Crippen molar-refractivity contribution in [3.05, 3.63) is 71.4 Å². The van der Waals surface area contributed by atoms with E-state index in [0.717, 1.165) is 35.9 Å². The van der Waals surface area contributed by atoms with E-state index in [1.807, 2.05) is 24.4 Å². The average Bonchev–Trinajstić information content (AvgIpc) is 2.68. The highest BCUT2D eigenvalue weighted by Gasteiger charge is 2.32. The molecule has 0 bridgehead atoms. The van der Waals surface area contributed by atoms with Crippen molar-refractivity contribution >= 4 is 0 Å². The van der Waals surface area contributed by atoms with Crippen LogP contribution >= 0.6 is 0 Å². The molecule has 3 aromatic rings. The monoisotopic (exact) mass is 371 g/mol. The van der Waals surface area contributed by atoms with Crippen LogP contribution in [0.4, 0.5) is 13.2 Å². The predicted octanol–water partition coefficient (Wildman–Crippen LogP) is 3.51. The summed E-state index contributed by atoms with van der Waals surface area (Å²) in [5.41, 5.74) is 2.60. The third kappa shape index (κ3) is 3.95. The molecule has 0 spiro atoms. The topological polar surface area (TPSA) is 54.8 Å². The second-order valence-corrected chi connectivity index (χ2v) is 6.39. The molecular formula is C19H16F3N5. The Kier molecular flexibility index (Phi) is 4.57. The minimum Gasteiger partial charge on any atom is -0.293 e. The van der Waals surface area contributed by atoms with Crippen molar-refractivity contribution in [3.63, 3.8) is 0 Å². The maximum Gasteiger partial charge on any atom is 0.433 e. The molecule has 8 heteroatoms. The molecular weight excluding hydrogens is 355 g/mol. The van der Waals surface area contributed by atoms with E-state index in [0.29, 0.717) is 24.6 Å². The van der Waals surface area contributed by atoms with Gasteiger partial charge in [0.15, 0.2) is 5.82 Å². The van der Waals surface area contributed by atoms with Crippen LogP contribution < -0.4 is 0 Å². The smallest absolute Gasteiger partial charge is 0.293 e. The van der Waals surface area contributed by atoms with Gasteiger partial charge in [-0.05, 0) is 35.7 Å². The van der Waals surface area contributed by atoms with Crippen LogP contribution in [0, 0.1) is 0 Å². The number of fused-ring (bicyclic) bond motifs is 1. The molecule has 5 nitrogen and oxygen atoms in total. The molecule has 4 heterocycles. The summed E-state index contributed by atoms with van der Waals surface area (Å²) in [7, 11) is 0. The van der Waals surface area contributed by atoms with Gasteiger partial charge in [-0.15, -0.1) is 0 Å². The molecule has 1 aliphatic rings. The molecule has 0 aromatic carbocycles. The van der Waals surface area contributed by atoms with Gasteiger partial charge in [-0.3, -0.25) is 14.9 Å². The molecule has 0 N–H and O–H groups in total. The minimum absolute atomic E-state index is 0.521. The summed E-state index contributed by atoms with van der Waals surface area (Å²) in [6.07, 6.45) is 1.20. The lowest BCUT2D eigenvalue weighted by atomic mass is 10.1. The van der Waals surface area contributed by atoms with Crippen LogP contribution in [-0.4, -0.2) is 31.4 Å². The molecule has 27 heavy (non-hydrogen) atoms. The summed E-state index contributed by atoms with van der Waals surface area (Å²) >= 11 is 0. The van der Waals surface area contributed by atoms with Gasteiger partial charge in [0.05, 0.1) is 5.69 Å². The van der Waals surface area contributed by atoms with Crippen molar-refractivity contribution in [1.29, 1.82) is 0 Å². The van der Waals surface area contributed by atoms with E-state index in [4.69, 9.17) is 0 Å². The van der Waals surface area contributed by atoms with Crippen LogP contribution in [0.1, 0.15) is 22.5 Å². The summed E-state index contributed by atoms with van der Waals surface area (Å²) in [4.78, 5) is 19.0. The van der Waals surface area contributed by atoms with Crippen molar-refractivity contribution in [2.24, 2.45) is 0 Å². The Bertz CT molecular complexity index is 926. The van der Waals surface area contributed by atoms with Gasteiger partial charge in [0.1, 0.15) is 11.4 Å². The minimum atomic E-state index is -4.42. The Morgan fingerprint density at radius 2 is 1.89 bits per heavy atom. The van der Waals surface area contributed by atoms with Gasteiger partial charge in [-0.2, -0.15) is 13.2 Å². The van der Waals surface area contributed by atoms with Crippen LogP contribution in [-0.2, 0) is 25.7 Å². The molecule has 1 aliphatic heterocycles. The summed E-state index contributed by atoms with van der Waals surface area (Å²) < 4.78 is 37.9. The van der Waals surface area contributed by atoms with Crippen molar-refractivity contribution in [3.8, 4) is 11.5 Å². The number of halogens is 3. The quantitative estimate of drug-likeness (QED) is 0.705. The number of hydrogen-bond donors (Lipinski definition) is 0. The number of alkyl halides is 3. The maximum atomic E-state index is 12.6. The Morgan fingerprint density at radius 3 is 2.59 bits per heavy atom. The van der Waals surface area contributed by atoms with Gasteiger partial charge >= 0.3 is 6.18 Å². The Morgan fingerprint density at radius 1 is 1.00 bits per heavy atom. The zero-order chi connectivity index (χ0) is 18.9. The van der Waals surface area contributed by atoms with Crippen LogP contribution in [0.3, 0.4) is 0 Å². The van der Waals surface area contributed by atoms with Crippen LogP contribution in [0.2, 0.25) is 0 Å². The first-order valence-electron chi connectivity index (χ1n) is 8.50. The SMILES string of the molecule is FC(F)(F)c1ccc(CN2CCc3cnc(-c4ccccn4)nc3C2)cn1. The Balaban J connectivity index is 1.49. The number of rotatable bonds is 3. The van der Waals surface area contributed by atoms with E-state index in [1.54, 1.807) is 6.20 Å². The van der Waals surface area contributed by atoms with E-state index in [1.165, 1.54) is 12.3 Å². The van der Waals surface area contributed by atoms with E-state index < -0.39 is 11.9 Å². The standard InChI is InChI=1S/C19H16F3N5/c20-19(21,22)17-5-4-13(9-24-17)11-27-8-6-14-10-25-18(26-16(14)12-27)15-3-1-2-7-23-15/h1-5,7,9-10H,6,8,11-12H2. The normalized spacial score (nSPS) is 14.8. The highest BCUT2D eigenvalue weighted by Crippen LogP contribution is 2.27. The molecule has 0 atom stereocenters. The highest BCUT2D eigenvalue weighted by atomic mass is 19.4. The van der Waals surface area contributed by atoms with E-state index in [-0.39, 0.29) is 0 Å². The van der Waals surface area contributed by atoms with Crippen LogP contribution in [0.25, 0.3) is 11.5 Å². The first-order valence-corrected chi connectivity index (χ1v) is 8.50. The number of aromatic nitrogens is 4. The summed E-state index contributed by atoms with van der Waals surface area (Å²) in [6, 6.07) is 8.08. The first-order chi connectivity index (χ1) is 13.0. The molecule has 0 unspecified atom stereocenters. The van der Waals surface area contributed by atoms with Crippen LogP contribution in [0.15, 0.2) is 48.9 Å². The van der Waals surface area contributed by atoms with E-state index >= 15 is 0 Å². The summed E-state index contributed by atoms with van der Waals surface area (Å²) in [5.74, 6) is 0.576. The highest BCUT2D eigenvalue weighted by molar-refractivity contribution is 5.49. The fraction of sp³-hybridized carbons (Fsp3) is 0.263. The zero-order valence-electron chi connectivity index (χ0n) is 14.3. The fourth-order valence-electron chi connectivity index (χ4n) is 3.05. The summed E-state index contributed by atoms with van der Waals surface area (Å²) in [5, 5.41) is 0. The third-order valence-electron chi connectivity index (χ3n) is 4.44. The number of hydrogen-bond acceptors (Lipinski definition) is 5. The van der Waals surface area contributed by atoms with Gasteiger partial charge in [0, 0.05) is 38.2 Å². The average molecular weight is 371 g/mol. The number of nitrogens with zero attached hydrogens (tertiary/aromatic N) is 5. The first kappa shape index (κ1) is 17.5. The van der Waals surface area contributed by atoms with Gasteiger partial charge in [-0.25, -0.2) is 9.97 Å². The molecule has 0 saturated carbocycles. The van der Waals surface area contributed by atoms with Gasteiger partial charge < -0.3 is 0 Å². The third-order valence-corrected chi connectivity index (χ3v) is 4.44. The second-order valence-electron chi connectivity index (χ2n) is 6.39. The molecule has 3 aromatic heterocycles. The van der Waals surface area contributed by atoms with E-state index in [2.05, 4.69) is 24.8 Å². The second kappa shape index (κ2) is 7.03. The molecule has 138 valence electrons. The van der Waals surface area contributed by atoms with Crippen molar-refractivity contribution < 1.29 is 13.2 Å². The zero-order valence-corrected chi connectivity index (χ0v) is 14.3. The molecule has 0 saturated heterocycles. The fourth-order valence-corrected chi connectivity index (χ4v) is 3.05. The van der Waals surface area contributed by atoms with Gasteiger partial charge in [0.2, 0.25) is 0 Å². The lowest BCUT2D eigenvalue weighted by Gasteiger charge is -2.27. The van der Waals surface area contributed by atoms with Crippen LogP contribution in [0.5, 0.6) is 0 Å².